The number of nitrogens with two attached hydrogens (primary N) is 1. The lowest BCUT2D eigenvalue weighted by Crippen LogP contribution is -2.51. The molecule has 1 saturated heterocycles. The molecule has 0 aromatic carbocycles. The van der Waals surface area contributed by atoms with E-state index in [2.05, 4.69) is 4.98 Å². The summed E-state index contributed by atoms with van der Waals surface area (Å²) in [5.74, 6) is 0.261. The van der Waals surface area contributed by atoms with Crippen molar-refractivity contribution in [1.82, 2.24) is 14.2 Å². The van der Waals surface area contributed by atoms with E-state index in [4.69, 9.17) is 5.73 Å². The van der Waals surface area contributed by atoms with Crippen LogP contribution < -0.4 is 5.73 Å². The van der Waals surface area contributed by atoms with E-state index < -0.39 is 10.0 Å². The average Bonchev–Trinajstić information content (AvgIpc) is 2.47. The minimum absolute atomic E-state index is 0.0567. The third-order valence-electron chi connectivity index (χ3n) is 3.44. The second-order valence-corrected chi connectivity index (χ2v) is 7.24. The van der Waals surface area contributed by atoms with E-state index in [0.29, 0.717) is 26.2 Å². The fourth-order valence-electron chi connectivity index (χ4n) is 2.21. The molecular formula is C13H20N4O3S. The summed E-state index contributed by atoms with van der Waals surface area (Å²) in [6.45, 7) is 5.10. The zero-order valence-corrected chi connectivity index (χ0v) is 13.0. The largest absolute Gasteiger partial charge is 0.384 e. The predicted octanol–water partition coefficient (Wildman–Crippen LogP) is 0.153. The number of carbonyl (C=O) groups excluding carboxylic acids is 1. The quantitative estimate of drug-likeness (QED) is 0.857. The summed E-state index contributed by atoms with van der Waals surface area (Å²) in [4.78, 5) is 17.5. The normalized spacial score (nSPS) is 17.2. The summed E-state index contributed by atoms with van der Waals surface area (Å²) in [6, 6.07) is 2.91. The fraction of sp³-hybridized carbons (Fsp3) is 0.538. The van der Waals surface area contributed by atoms with Gasteiger partial charge in [0.15, 0.2) is 0 Å². The molecule has 116 valence electrons. The number of pyridine rings is 1. The van der Waals surface area contributed by atoms with Crippen LogP contribution in [-0.2, 0) is 14.8 Å². The zero-order valence-electron chi connectivity index (χ0n) is 12.2. The molecule has 0 unspecified atom stereocenters. The maximum Gasteiger partial charge on any atom is 0.244 e. The van der Waals surface area contributed by atoms with Gasteiger partial charge in [0, 0.05) is 38.3 Å². The Morgan fingerprint density at radius 3 is 2.33 bits per heavy atom. The van der Waals surface area contributed by atoms with Crippen molar-refractivity contribution >= 4 is 21.7 Å². The van der Waals surface area contributed by atoms with Gasteiger partial charge in [-0.15, -0.1) is 0 Å². The average molecular weight is 312 g/mol. The van der Waals surface area contributed by atoms with E-state index in [0.717, 1.165) is 0 Å². The SMILES string of the molecule is CC(C)C(=O)N1CCN(S(=O)(=O)c2ccc(N)nc2)CC1. The maximum absolute atomic E-state index is 12.5. The number of amides is 1. The molecule has 1 aromatic heterocycles. The van der Waals surface area contributed by atoms with E-state index in [-0.39, 0.29) is 22.5 Å². The highest BCUT2D eigenvalue weighted by molar-refractivity contribution is 7.89. The Labute approximate surface area is 124 Å². The van der Waals surface area contributed by atoms with E-state index in [1.54, 1.807) is 4.90 Å². The summed E-state index contributed by atoms with van der Waals surface area (Å²) in [5, 5.41) is 0. The van der Waals surface area contributed by atoms with Gasteiger partial charge in [-0.25, -0.2) is 13.4 Å². The maximum atomic E-state index is 12.5. The van der Waals surface area contributed by atoms with Crippen LogP contribution in [0.2, 0.25) is 0 Å². The molecule has 21 heavy (non-hydrogen) atoms. The van der Waals surface area contributed by atoms with Gasteiger partial charge in [0.05, 0.1) is 0 Å². The van der Waals surface area contributed by atoms with Crippen LogP contribution in [0.25, 0.3) is 0 Å². The van der Waals surface area contributed by atoms with Crippen LogP contribution in [0.15, 0.2) is 23.2 Å². The molecule has 0 saturated carbocycles. The Bertz CT molecular complexity index is 605. The molecule has 1 aliphatic heterocycles. The van der Waals surface area contributed by atoms with Crippen molar-refractivity contribution in [2.45, 2.75) is 18.7 Å². The lowest BCUT2D eigenvalue weighted by atomic mass is 10.2. The molecule has 1 aliphatic rings. The molecule has 7 nitrogen and oxygen atoms in total. The van der Waals surface area contributed by atoms with Crippen molar-refractivity contribution in [3.05, 3.63) is 18.3 Å². The Hall–Kier alpha value is -1.67. The summed E-state index contributed by atoms with van der Waals surface area (Å²) in [6.07, 6.45) is 1.26. The Morgan fingerprint density at radius 1 is 1.24 bits per heavy atom. The molecule has 0 atom stereocenters. The van der Waals surface area contributed by atoms with Crippen LogP contribution in [0.3, 0.4) is 0 Å². The Morgan fingerprint density at radius 2 is 1.86 bits per heavy atom. The number of aromatic nitrogens is 1. The monoisotopic (exact) mass is 312 g/mol. The van der Waals surface area contributed by atoms with E-state index in [9.17, 15) is 13.2 Å². The molecule has 2 N–H and O–H groups in total. The van der Waals surface area contributed by atoms with Gasteiger partial charge < -0.3 is 10.6 Å². The number of carbonyl (C=O) groups is 1. The van der Waals surface area contributed by atoms with Gasteiger partial charge in [0.1, 0.15) is 10.7 Å². The highest BCUT2D eigenvalue weighted by Crippen LogP contribution is 2.18. The molecule has 1 aromatic rings. The van der Waals surface area contributed by atoms with Gasteiger partial charge in [0.2, 0.25) is 15.9 Å². The second kappa shape index (κ2) is 5.98. The lowest BCUT2D eigenvalue weighted by molar-refractivity contribution is -0.135. The Balaban J connectivity index is 2.07. The summed E-state index contributed by atoms with van der Waals surface area (Å²) >= 11 is 0. The van der Waals surface area contributed by atoms with Crippen molar-refractivity contribution in [2.24, 2.45) is 5.92 Å². The van der Waals surface area contributed by atoms with Crippen LogP contribution in [-0.4, -0.2) is 54.7 Å². The first-order valence-corrected chi connectivity index (χ1v) is 8.27. The topological polar surface area (TPSA) is 96.6 Å². The van der Waals surface area contributed by atoms with Gasteiger partial charge in [-0.3, -0.25) is 4.79 Å². The number of piperazine rings is 1. The molecule has 1 fully saturated rings. The number of rotatable bonds is 3. The first-order valence-electron chi connectivity index (χ1n) is 6.83. The second-order valence-electron chi connectivity index (χ2n) is 5.30. The molecular weight excluding hydrogens is 292 g/mol. The van der Waals surface area contributed by atoms with Crippen LogP contribution >= 0.6 is 0 Å². The van der Waals surface area contributed by atoms with Crippen LogP contribution in [0, 0.1) is 5.92 Å². The highest BCUT2D eigenvalue weighted by atomic mass is 32.2. The molecule has 0 aliphatic carbocycles. The number of hydrogen-bond acceptors (Lipinski definition) is 5. The lowest BCUT2D eigenvalue weighted by Gasteiger charge is -2.34. The smallest absolute Gasteiger partial charge is 0.244 e. The van der Waals surface area contributed by atoms with Crippen molar-refractivity contribution < 1.29 is 13.2 Å². The first kappa shape index (κ1) is 15.7. The van der Waals surface area contributed by atoms with Crippen molar-refractivity contribution in [3.63, 3.8) is 0 Å². The summed E-state index contributed by atoms with van der Waals surface area (Å²) < 4.78 is 26.3. The molecule has 0 bridgehead atoms. The number of anilines is 1. The third-order valence-corrected chi connectivity index (χ3v) is 5.32. The zero-order chi connectivity index (χ0) is 15.6. The number of sulfonamides is 1. The van der Waals surface area contributed by atoms with Gasteiger partial charge in [-0.1, -0.05) is 13.8 Å². The van der Waals surface area contributed by atoms with Crippen LogP contribution in [0.5, 0.6) is 0 Å². The van der Waals surface area contributed by atoms with E-state index >= 15 is 0 Å². The number of hydrogen-bond donors (Lipinski definition) is 1. The summed E-state index contributed by atoms with van der Waals surface area (Å²) in [7, 11) is -3.57. The first-order chi connectivity index (χ1) is 9.82. The number of nitrogen functional groups attached to an aromatic ring is 1. The van der Waals surface area contributed by atoms with Gasteiger partial charge >= 0.3 is 0 Å². The molecule has 2 rings (SSSR count). The summed E-state index contributed by atoms with van der Waals surface area (Å²) in [5.41, 5.74) is 5.46. The standard InChI is InChI=1S/C13H20N4O3S/c1-10(2)13(18)16-5-7-17(8-6-16)21(19,20)11-3-4-12(14)15-9-11/h3-4,9-10H,5-8H2,1-2H3,(H2,14,15). The van der Waals surface area contributed by atoms with Gasteiger partial charge in [-0.2, -0.15) is 4.31 Å². The van der Waals surface area contributed by atoms with Crippen molar-refractivity contribution in [2.75, 3.05) is 31.9 Å². The molecule has 2 heterocycles. The number of nitrogens with zero attached hydrogens (tertiary/aromatic N) is 3. The molecule has 0 spiro atoms. The predicted molar refractivity (Wildman–Crippen MR) is 78.8 cm³/mol. The minimum Gasteiger partial charge on any atom is -0.384 e. The van der Waals surface area contributed by atoms with Crippen molar-refractivity contribution in [3.8, 4) is 0 Å². The van der Waals surface area contributed by atoms with Gasteiger partial charge in [-0.05, 0) is 12.1 Å². The van der Waals surface area contributed by atoms with Crippen molar-refractivity contribution in [1.29, 1.82) is 0 Å². The van der Waals surface area contributed by atoms with Gasteiger partial charge in [0.25, 0.3) is 0 Å². The fourth-order valence-corrected chi connectivity index (χ4v) is 3.58. The van der Waals surface area contributed by atoms with Crippen LogP contribution in [0.1, 0.15) is 13.8 Å². The Kier molecular flexibility index (Phi) is 4.48. The molecule has 8 heteroatoms. The third kappa shape index (κ3) is 3.33. The molecule has 1 amide bonds. The highest BCUT2D eigenvalue weighted by Gasteiger charge is 2.30. The van der Waals surface area contributed by atoms with E-state index in [1.165, 1.54) is 22.6 Å². The van der Waals surface area contributed by atoms with E-state index in [1.807, 2.05) is 13.8 Å². The minimum atomic E-state index is -3.57. The molecule has 0 radical (unpaired) electrons. The van der Waals surface area contributed by atoms with Crippen LogP contribution in [0.4, 0.5) is 5.82 Å².